The van der Waals surface area contributed by atoms with Gasteiger partial charge in [-0.1, -0.05) is 68.4 Å². The Labute approximate surface area is 204 Å². The number of halogens is 5. The molecule has 0 heterocycles. The maximum Gasteiger partial charge on any atom is 0.162 e. The first-order chi connectivity index (χ1) is 14.4. The van der Waals surface area contributed by atoms with Crippen LogP contribution in [-0.4, -0.2) is 6.61 Å². The summed E-state index contributed by atoms with van der Waals surface area (Å²) < 4.78 is 12.6. The lowest BCUT2D eigenvalue weighted by molar-refractivity contribution is 0.269. The molecule has 0 radical (unpaired) electrons. The Bertz CT molecular complexity index is 1030. The SMILES string of the molecule is CCOc1cc(CNc2cc(Cl)ccc2Cl)c(Br)cc1OCc1c(Cl)cccc1Cl. The van der Waals surface area contributed by atoms with Crippen LogP contribution in [0.4, 0.5) is 5.69 Å². The van der Waals surface area contributed by atoms with Crippen molar-refractivity contribution in [1.29, 1.82) is 0 Å². The van der Waals surface area contributed by atoms with Gasteiger partial charge in [-0.2, -0.15) is 0 Å². The maximum absolute atomic E-state index is 6.24. The van der Waals surface area contributed by atoms with Gasteiger partial charge in [0.15, 0.2) is 11.5 Å². The lowest BCUT2D eigenvalue weighted by Gasteiger charge is -2.17. The quantitative estimate of drug-likeness (QED) is 0.305. The Hall–Kier alpha value is -1.30. The summed E-state index contributed by atoms with van der Waals surface area (Å²) in [6, 6.07) is 14.4. The normalized spacial score (nSPS) is 10.7. The van der Waals surface area contributed by atoms with E-state index in [0.29, 0.717) is 44.7 Å². The molecule has 0 fully saturated rings. The highest BCUT2D eigenvalue weighted by Gasteiger charge is 2.14. The molecule has 1 N–H and O–H groups in total. The van der Waals surface area contributed by atoms with Crippen LogP contribution in [0.3, 0.4) is 0 Å². The van der Waals surface area contributed by atoms with E-state index in [-0.39, 0.29) is 6.61 Å². The fourth-order valence-electron chi connectivity index (χ4n) is 2.74. The zero-order chi connectivity index (χ0) is 21.7. The van der Waals surface area contributed by atoms with Gasteiger partial charge in [0.05, 0.1) is 17.3 Å². The number of nitrogens with one attached hydrogen (secondary N) is 1. The van der Waals surface area contributed by atoms with Gasteiger partial charge in [-0.15, -0.1) is 0 Å². The zero-order valence-corrected chi connectivity index (χ0v) is 20.6. The summed E-state index contributed by atoms with van der Waals surface area (Å²) in [5.41, 5.74) is 2.45. The van der Waals surface area contributed by atoms with Crippen LogP contribution in [0.25, 0.3) is 0 Å². The third-order valence-electron chi connectivity index (χ3n) is 4.24. The maximum atomic E-state index is 6.24. The molecule has 0 aliphatic heterocycles. The van der Waals surface area contributed by atoms with Gasteiger partial charge in [0.25, 0.3) is 0 Å². The van der Waals surface area contributed by atoms with Gasteiger partial charge in [-0.25, -0.2) is 0 Å². The Balaban J connectivity index is 1.80. The van der Waals surface area contributed by atoms with Gasteiger partial charge in [-0.05, 0) is 55.0 Å². The number of anilines is 1. The molecular weight excluding hydrogens is 532 g/mol. The highest BCUT2D eigenvalue weighted by Crippen LogP contribution is 2.36. The van der Waals surface area contributed by atoms with Gasteiger partial charge in [0.2, 0.25) is 0 Å². The summed E-state index contributed by atoms with van der Waals surface area (Å²) in [4.78, 5) is 0. The fraction of sp³-hybridized carbons (Fsp3) is 0.182. The predicted octanol–water partition coefficient (Wildman–Crippen LogP) is 8.65. The van der Waals surface area contributed by atoms with Crippen LogP contribution in [0.5, 0.6) is 11.5 Å². The van der Waals surface area contributed by atoms with Crippen molar-refractivity contribution < 1.29 is 9.47 Å². The molecule has 0 aliphatic carbocycles. The number of hydrogen-bond donors (Lipinski definition) is 1. The Morgan fingerprint density at radius 1 is 0.867 bits per heavy atom. The molecule has 0 bridgehead atoms. The molecule has 0 saturated carbocycles. The van der Waals surface area contributed by atoms with E-state index in [4.69, 9.17) is 55.9 Å². The molecule has 3 rings (SSSR count). The molecule has 3 aromatic rings. The molecule has 0 spiro atoms. The van der Waals surface area contributed by atoms with E-state index < -0.39 is 0 Å². The Morgan fingerprint density at radius 3 is 2.27 bits per heavy atom. The van der Waals surface area contributed by atoms with Crippen molar-refractivity contribution in [2.75, 3.05) is 11.9 Å². The first-order valence-electron chi connectivity index (χ1n) is 9.09. The predicted molar refractivity (Wildman–Crippen MR) is 130 cm³/mol. The van der Waals surface area contributed by atoms with Crippen LogP contribution < -0.4 is 14.8 Å². The fourth-order valence-corrected chi connectivity index (χ4v) is 4.06. The average Bonchev–Trinajstić information content (AvgIpc) is 2.70. The minimum atomic E-state index is 0.223. The second-order valence-corrected chi connectivity index (χ2v) is 8.80. The van der Waals surface area contributed by atoms with Gasteiger partial charge in [0.1, 0.15) is 6.61 Å². The van der Waals surface area contributed by atoms with Crippen molar-refractivity contribution >= 4 is 68.0 Å². The topological polar surface area (TPSA) is 30.5 Å². The van der Waals surface area contributed by atoms with Crippen LogP contribution in [0, 0.1) is 0 Å². The molecule has 0 saturated heterocycles. The number of benzene rings is 3. The van der Waals surface area contributed by atoms with Crippen molar-refractivity contribution in [3.63, 3.8) is 0 Å². The first kappa shape index (κ1) is 23.4. The molecule has 0 atom stereocenters. The smallest absolute Gasteiger partial charge is 0.162 e. The van der Waals surface area contributed by atoms with Crippen molar-refractivity contribution in [2.45, 2.75) is 20.1 Å². The molecule has 0 unspecified atom stereocenters. The lowest BCUT2D eigenvalue weighted by atomic mass is 10.2. The van der Waals surface area contributed by atoms with Gasteiger partial charge >= 0.3 is 0 Å². The number of ether oxygens (including phenoxy) is 2. The van der Waals surface area contributed by atoms with E-state index in [2.05, 4.69) is 21.2 Å². The first-order valence-corrected chi connectivity index (χ1v) is 11.4. The third kappa shape index (κ3) is 5.89. The summed E-state index contributed by atoms with van der Waals surface area (Å²) in [6.07, 6.45) is 0. The van der Waals surface area contributed by atoms with E-state index >= 15 is 0 Å². The van der Waals surface area contributed by atoms with Crippen LogP contribution in [0.2, 0.25) is 20.1 Å². The van der Waals surface area contributed by atoms with Crippen LogP contribution in [0.15, 0.2) is 53.0 Å². The Morgan fingerprint density at radius 2 is 1.57 bits per heavy atom. The molecular formula is C22H18BrCl4NO2. The molecule has 0 aromatic heterocycles. The minimum Gasteiger partial charge on any atom is -0.490 e. The van der Waals surface area contributed by atoms with E-state index in [1.165, 1.54) is 0 Å². The molecule has 30 heavy (non-hydrogen) atoms. The zero-order valence-electron chi connectivity index (χ0n) is 15.9. The van der Waals surface area contributed by atoms with Crippen molar-refractivity contribution in [3.8, 4) is 11.5 Å². The van der Waals surface area contributed by atoms with Crippen molar-refractivity contribution in [1.82, 2.24) is 0 Å². The molecule has 8 heteroatoms. The molecule has 158 valence electrons. The van der Waals surface area contributed by atoms with Gasteiger partial charge in [0, 0.05) is 31.6 Å². The minimum absolute atomic E-state index is 0.223. The largest absolute Gasteiger partial charge is 0.490 e. The summed E-state index contributed by atoms with van der Waals surface area (Å²) in [5, 5.41) is 5.61. The summed E-state index contributed by atoms with van der Waals surface area (Å²) in [6.45, 7) is 3.15. The van der Waals surface area contributed by atoms with Crippen LogP contribution in [0.1, 0.15) is 18.1 Å². The highest BCUT2D eigenvalue weighted by molar-refractivity contribution is 9.10. The molecule has 0 amide bonds. The summed E-state index contributed by atoms with van der Waals surface area (Å²) in [5.74, 6) is 1.21. The van der Waals surface area contributed by atoms with E-state index in [0.717, 1.165) is 21.3 Å². The second kappa shape index (κ2) is 10.8. The van der Waals surface area contributed by atoms with E-state index in [1.807, 2.05) is 19.1 Å². The average molecular weight is 550 g/mol. The monoisotopic (exact) mass is 547 g/mol. The summed E-state index contributed by atoms with van der Waals surface area (Å²) in [7, 11) is 0. The van der Waals surface area contributed by atoms with Gasteiger partial charge in [-0.3, -0.25) is 0 Å². The highest BCUT2D eigenvalue weighted by atomic mass is 79.9. The lowest BCUT2D eigenvalue weighted by Crippen LogP contribution is -2.05. The number of rotatable bonds is 8. The van der Waals surface area contributed by atoms with Gasteiger partial charge < -0.3 is 14.8 Å². The number of hydrogen-bond acceptors (Lipinski definition) is 3. The second-order valence-electron chi connectivity index (χ2n) is 6.29. The summed E-state index contributed by atoms with van der Waals surface area (Å²) >= 11 is 28.4. The molecule has 0 aliphatic rings. The van der Waals surface area contributed by atoms with E-state index in [9.17, 15) is 0 Å². The standard InChI is InChI=1S/C22H18BrCl4NO2/c1-2-29-21-8-13(11-28-20-9-14(24)6-7-19(20)27)16(23)10-22(21)30-12-15-17(25)4-3-5-18(15)26/h3-10,28H,2,11-12H2,1H3. The molecule has 3 aromatic carbocycles. The van der Waals surface area contributed by atoms with Crippen molar-refractivity contribution in [2.24, 2.45) is 0 Å². The van der Waals surface area contributed by atoms with Crippen LogP contribution >= 0.6 is 62.3 Å². The van der Waals surface area contributed by atoms with Crippen LogP contribution in [-0.2, 0) is 13.2 Å². The molecule has 3 nitrogen and oxygen atoms in total. The van der Waals surface area contributed by atoms with E-state index in [1.54, 1.807) is 36.4 Å². The third-order valence-corrected chi connectivity index (χ3v) is 6.26. The Kier molecular flexibility index (Phi) is 8.44. The van der Waals surface area contributed by atoms with Crippen molar-refractivity contribution in [3.05, 3.63) is 84.2 Å².